The molecule has 1 amide bonds. The molecule has 0 saturated heterocycles. The first-order valence-electron chi connectivity index (χ1n) is 5.89. The Bertz CT molecular complexity index is 566. The summed E-state index contributed by atoms with van der Waals surface area (Å²) in [7, 11) is 0. The molecule has 0 bridgehead atoms. The lowest BCUT2D eigenvalue weighted by atomic mass is 10.1. The van der Waals surface area contributed by atoms with Crippen LogP contribution in [0.4, 0.5) is 0 Å². The second-order valence-electron chi connectivity index (χ2n) is 4.21. The maximum Gasteiger partial charge on any atom is 0.235 e. The predicted molar refractivity (Wildman–Crippen MR) is 75.7 cm³/mol. The normalized spacial score (nSPS) is 12.1. The minimum atomic E-state index is -0.435. The van der Waals surface area contributed by atoms with Gasteiger partial charge >= 0.3 is 0 Å². The molecule has 2 rings (SSSR count). The molecular weight excluding hydrogens is 258 g/mol. The Morgan fingerprint density at radius 2 is 1.89 bits per heavy atom. The van der Waals surface area contributed by atoms with E-state index in [0.29, 0.717) is 5.82 Å². The number of aromatic nitrogens is 2. The molecule has 4 nitrogen and oxygen atoms in total. The highest BCUT2D eigenvalue weighted by Crippen LogP contribution is 2.33. The smallest absolute Gasteiger partial charge is 0.235 e. The SMILES string of the molecule is Cc1cc(S[C@H](C(N)=O)c2ccccc2)nc(C)n1. The summed E-state index contributed by atoms with van der Waals surface area (Å²) in [6.45, 7) is 3.74. The lowest BCUT2D eigenvalue weighted by Crippen LogP contribution is -2.19. The molecule has 1 heterocycles. The molecule has 0 aliphatic carbocycles. The fraction of sp³-hybridized carbons (Fsp3) is 0.214. The number of hydrogen-bond acceptors (Lipinski definition) is 4. The van der Waals surface area contributed by atoms with Gasteiger partial charge in [-0.3, -0.25) is 4.79 Å². The molecule has 98 valence electrons. The third kappa shape index (κ3) is 3.54. The van der Waals surface area contributed by atoms with E-state index in [1.165, 1.54) is 11.8 Å². The highest BCUT2D eigenvalue weighted by atomic mass is 32.2. The number of primary amides is 1. The van der Waals surface area contributed by atoms with Crippen LogP contribution < -0.4 is 5.73 Å². The monoisotopic (exact) mass is 273 g/mol. The van der Waals surface area contributed by atoms with E-state index in [2.05, 4.69) is 9.97 Å². The summed E-state index contributed by atoms with van der Waals surface area (Å²) in [5.74, 6) is 0.323. The summed E-state index contributed by atoms with van der Waals surface area (Å²) in [4.78, 5) is 20.2. The molecular formula is C14H15N3OS. The van der Waals surface area contributed by atoms with E-state index in [1.807, 2.05) is 50.2 Å². The molecule has 0 radical (unpaired) electrons. The molecule has 0 saturated carbocycles. The third-order valence-electron chi connectivity index (χ3n) is 2.54. The molecule has 0 fully saturated rings. The fourth-order valence-corrected chi connectivity index (χ4v) is 2.86. The van der Waals surface area contributed by atoms with Gasteiger partial charge in [0.15, 0.2) is 0 Å². The first kappa shape index (κ1) is 13.5. The molecule has 1 aromatic carbocycles. The van der Waals surface area contributed by atoms with Gasteiger partial charge in [0.2, 0.25) is 5.91 Å². The predicted octanol–water partition coefficient (Wildman–Crippen LogP) is 2.41. The van der Waals surface area contributed by atoms with E-state index in [4.69, 9.17) is 5.73 Å². The van der Waals surface area contributed by atoms with Crippen molar-refractivity contribution in [3.05, 3.63) is 53.5 Å². The van der Waals surface area contributed by atoms with Gasteiger partial charge in [0.05, 0.1) is 0 Å². The third-order valence-corrected chi connectivity index (χ3v) is 3.73. The first-order chi connectivity index (χ1) is 9.06. The second kappa shape index (κ2) is 5.84. The van der Waals surface area contributed by atoms with Gasteiger partial charge in [-0.15, -0.1) is 0 Å². The zero-order chi connectivity index (χ0) is 13.8. The van der Waals surface area contributed by atoms with E-state index in [9.17, 15) is 4.79 Å². The maximum atomic E-state index is 11.6. The van der Waals surface area contributed by atoms with Crippen LogP contribution in [0.25, 0.3) is 0 Å². The summed E-state index contributed by atoms with van der Waals surface area (Å²) in [5, 5.41) is 0.326. The first-order valence-corrected chi connectivity index (χ1v) is 6.77. The molecule has 2 aromatic rings. The van der Waals surface area contributed by atoms with Crippen molar-refractivity contribution in [3.8, 4) is 0 Å². The van der Waals surface area contributed by atoms with E-state index < -0.39 is 5.25 Å². The van der Waals surface area contributed by atoms with Gasteiger partial charge in [-0.25, -0.2) is 9.97 Å². The van der Waals surface area contributed by atoms with Crippen molar-refractivity contribution < 1.29 is 4.79 Å². The Balaban J connectivity index is 2.29. The Labute approximate surface area is 116 Å². The Morgan fingerprint density at radius 1 is 1.21 bits per heavy atom. The molecule has 1 aromatic heterocycles. The topological polar surface area (TPSA) is 68.9 Å². The standard InChI is InChI=1S/C14H15N3OS/c1-9-8-12(17-10(2)16-9)19-13(14(15)18)11-6-4-3-5-7-11/h3-8,13H,1-2H3,(H2,15,18)/t13-/m0/s1. The highest BCUT2D eigenvalue weighted by molar-refractivity contribution is 8.00. The second-order valence-corrected chi connectivity index (χ2v) is 5.33. The summed E-state index contributed by atoms with van der Waals surface area (Å²) < 4.78 is 0. The van der Waals surface area contributed by atoms with Crippen LogP contribution in [0, 0.1) is 13.8 Å². The van der Waals surface area contributed by atoms with Crippen LogP contribution in [0.2, 0.25) is 0 Å². The van der Waals surface area contributed by atoms with Gasteiger partial charge in [0.25, 0.3) is 0 Å². The number of carbonyl (C=O) groups excluding carboxylic acids is 1. The summed E-state index contributed by atoms with van der Waals surface area (Å²) in [6, 6.07) is 11.3. The van der Waals surface area contributed by atoms with Crippen LogP contribution >= 0.6 is 11.8 Å². The van der Waals surface area contributed by atoms with Gasteiger partial charge in [-0.05, 0) is 25.5 Å². The van der Waals surface area contributed by atoms with Crippen LogP contribution in [0.1, 0.15) is 22.3 Å². The number of nitrogens with two attached hydrogens (primary N) is 1. The van der Waals surface area contributed by atoms with Gasteiger partial charge in [-0.1, -0.05) is 42.1 Å². The number of benzene rings is 1. The van der Waals surface area contributed by atoms with Crippen LogP contribution in [0.3, 0.4) is 0 Å². The average molecular weight is 273 g/mol. The van der Waals surface area contributed by atoms with Crippen molar-refractivity contribution in [3.63, 3.8) is 0 Å². The van der Waals surface area contributed by atoms with Crippen LogP contribution in [0.15, 0.2) is 41.4 Å². The number of thioether (sulfide) groups is 1. The maximum absolute atomic E-state index is 11.6. The number of nitrogens with zero attached hydrogens (tertiary/aromatic N) is 2. The zero-order valence-electron chi connectivity index (χ0n) is 10.8. The molecule has 5 heteroatoms. The number of aryl methyl sites for hydroxylation is 2. The number of carbonyl (C=O) groups is 1. The van der Waals surface area contributed by atoms with E-state index in [0.717, 1.165) is 16.3 Å². The summed E-state index contributed by atoms with van der Waals surface area (Å²) in [6.07, 6.45) is 0. The van der Waals surface area contributed by atoms with E-state index in [1.54, 1.807) is 0 Å². The minimum Gasteiger partial charge on any atom is -0.368 e. The molecule has 0 spiro atoms. The van der Waals surface area contributed by atoms with Crippen molar-refractivity contribution >= 4 is 17.7 Å². The number of amides is 1. The molecule has 2 N–H and O–H groups in total. The quantitative estimate of drug-likeness (QED) is 0.686. The van der Waals surface area contributed by atoms with Crippen molar-refractivity contribution in [2.75, 3.05) is 0 Å². The number of rotatable bonds is 4. The Hall–Kier alpha value is -1.88. The van der Waals surface area contributed by atoms with E-state index >= 15 is 0 Å². The zero-order valence-corrected chi connectivity index (χ0v) is 11.6. The van der Waals surface area contributed by atoms with Crippen molar-refractivity contribution in [2.45, 2.75) is 24.1 Å². The Morgan fingerprint density at radius 3 is 2.47 bits per heavy atom. The minimum absolute atomic E-state index is 0.370. The lowest BCUT2D eigenvalue weighted by molar-refractivity contribution is -0.117. The Kier molecular flexibility index (Phi) is 4.16. The van der Waals surface area contributed by atoms with Gasteiger partial charge in [0, 0.05) is 5.69 Å². The lowest BCUT2D eigenvalue weighted by Gasteiger charge is -2.13. The molecule has 1 atom stereocenters. The van der Waals surface area contributed by atoms with Crippen LogP contribution in [-0.2, 0) is 4.79 Å². The highest BCUT2D eigenvalue weighted by Gasteiger charge is 2.20. The molecule has 0 aliphatic heterocycles. The summed E-state index contributed by atoms with van der Waals surface area (Å²) >= 11 is 1.35. The fourth-order valence-electron chi connectivity index (χ4n) is 1.78. The van der Waals surface area contributed by atoms with Crippen molar-refractivity contribution in [1.29, 1.82) is 0 Å². The molecule has 19 heavy (non-hydrogen) atoms. The van der Waals surface area contributed by atoms with Crippen LogP contribution in [0.5, 0.6) is 0 Å². The van der Waals surface area contributed by atoms with Gasteiger partial charge in [-0.2, -0.15) is 0 Å². The van der Waals surface area contributed by atoms with Gasteiger partial charge in [0.1, 0.15) is 16.1 Å². The van der Waals surface area contributed by atoms with Crippen molar-refractivity contribution in [2.24, 2.45) is 5.73 Å². The largest absolute Gasteiger partial charge is 0.368 e. The average Bonchev–Trinajstić information content (AvgIpc) is 2.35. The van der Waals surface area contributed by atoms with Gasteiger partial charge < -0.3 is 5.73 Å². The van der Waals surface area contributed by atoms with Crippen LogP contribution in [-0.4, -0.2) is 15.9 Å². The number of hydrogen-bond donors (Lipinski definition) is 1. The molecule has 0 aliphatic rings. The summed E-state index contributed by atoms with van der Waals surface area (Å²) in [5.41, 5.74) is 7.25. The van der Waals surface area contributed by atoms with Crippen molar-refractivity contribution in [1.82, 2.24) is 9.97 Å². The van der Waals surface area contributed by atoms with E-state index in [-0.39, 0.29) is 5.91 Å². The molecule has 0 unspecified atom stereocenters.